The topological polar surface area (TPSA) is 0 Å². The van der Waals surface area contributed by atoms with Gasteiger partial charge in [0.05, 0.1) is 0 Å². The maximum Gasteiger partial charge on any atom is 0.0178 e. The van der Waals surface area contributed by atoms with Crippen molar-refractivity contribution in [2.75, 3.05) is 0 Å². The van der Waals surface area contributed by atoms with Gasteiger partial charge in [-0.25, -0.2) is 0 Å². The predicted molar refractivity (Wildman–Crippen MR) is 158 cm³/mol. The summed E-state index contributed by atoms with van der Waals surface area (Å²) >= 11 is 3.69. The molecule has 6 aromatic rings. The largest absolute Gasteiger partial charge is 0.0622 e. The van der Waals surface area contributed by atoms with Crippen LogP contribution in [0.15, 0.2) is 120 Å². The first kappa shape index (κ1) is 21.6. The molecule has 0 unspecified atom stereocenters. The van der Waals surface area contributed by atoms with Crippen LogP contribution >= 0.6 is 15.9 Å². The standard InChI is InChI=1S/C35H25Br/c1-35(2)31-20-23(16-18-25(31)26-19-17-24(36)21-32(26)35)34-29-14-8-6-12-27(29)33(22-10-4-3-5-11-22)28-13-7-9-15-30(28)34/h3-21H,1-2H3. The Morgan fingerprint density at radius 1 is 0.472 bits per heavy atom. The van der Waals surface area contributed by atoms with Gasteiger partial charge < -0.3 is 0 Å². The fourth-order valence-corrected chi connectivity index (χ4v) is 6.58. The van der Waals surface area contributed by atoms with Gasteiger partial charge in [0.1, 0.15) is 0 Å². The van der Waals surface area contributed by atoms with Crippen LogP contribution in [0.3, 0.4) is 0 Å². The van der Waals surface area contributed by atoms with Crippen LogP contribution in [-0.4, -0.2) is 0 Å². The first-order valence-electron chi connectivity index (χ1n) is 12.5. The van der Waals surface area contributed by atoms with E-state index in [4.69, 9.17) is 0 Å². The fraction of sp³-hybridized carbons (Fsp3) is 0.0857. The third-order valence-corrected chi connectivity index (χ3v) is 8.41. The van der Waals surface area contributed by atoms with Gasteiger partial charge in [0.2, 0.25) is 0 Å². The summed E-state index contributed by atoms with van der Waals surface area (Å²) in [6.45, 7) is 4.70. The maximum absolute atomic E-state index is 3.69. The van der Waals surface area contributed by atoms with Gasteiger partial charge in [-0.2, -0.15) is 0 Å². The van der Waals surface area contributed by atoms with E-state index < -0.39 is 0 Å². The van der Waals surface area contributed by atoms with E-state index in [2.05, 4.69) is 145 Å². The molecule has 0 heterocycles. The zero-order valence-corrected chi connectivity index (χ0v) is 21.9. The maximum atomic E-state index is 3.69. The molecule has 0 radical (unpaired) electrons. The molecule has 0 fully saturated rings. The zero-order valence-electron chi connectivity index (χ0n) is 20.3. The molecule has 1 heteroatoms. The van der Waals surface area contributed by atoms with Crippen LogP contribution in [0.25, 0.3) is 54.9 Å². The third kappa shape index (κ3) is 3.06. The van der Waals surface area contributed by atoms with E-state index in [1.165, 1.54) is 66.1 Å². The Bertz CT molecular complexity index is 1750. The van der Waals surface area contributed by atoms with Crippen LogP contribution in [-0.2, 0) is 5.41 Å². The number of rotatable bonds is 2. The highest BCUT2D eigenvalue weighted by Gasteiger charge is 2.35. The molecule has 0 amide bonds. The summed E-state index contributed by atoms with van der Waals surface area (Å²) < 4.78 is 1.14. The van der Waals surface area contributed by atoms with Crippen LogP contribution in [0.4, 0.5) is 0 Å². The van der Waals surface area contributed by atoms with Crippen LogP contribution in [0.2, 0.25) is 0 Å². The van der Waals surface area contributed by atoms with Crippen molar-refractivity contribution in [3.8, 4) is 33.4 Å². The summed E-state index contributed by atoms with van der Waals surface area (Å²) in [5, 5.41) is 5.19. The van der Waals surface area contributed by atoms with Gasteiger partial charge in [-0.05, 0) is 84.3 Å². The molecule has 7 rings (SSSR count). The van der Waals surface area contributed by atoms with Crippen LogP contribution in [0, 0.1) is 0 Å². The van der Waals surface area contributed by atoms with Crippen molar-refractivity contribution in [1.82, 2.24) is 0 Å². The zero-order chi connectivity index (χ0) is 24.4. The molecule has 0 saturated heterocycles. The van der Waals surface area contributed by atoms with Gasteiger partial charge in [0.25, 0.3) is 0 Å². The lowest BCUT2D eigenvalue weighted by Gasteiger charge is -2.23. The highest BCUT2D eigenvalue weighted by atomic mass is 79.9. The van der Waals surface area contributed by atoms with Gasteiger partial charge in [0.15, 0.2) is 0 Å². The molecule has 0 nitrogen and oxygen atoms in total. The summed E-state index contributed by atoms with van der Waals surface area (Å²) in [5.41, 5.74) is 10.6. The van der Waals surface area contributed by atoms with Crippen molar-refractivity contribution in [2.24, 2.45) is 0 Å². The van der Waals surface area contributed by atoms with Crippen LogP contribution < -0.4 is 0 Å². The molecule has 0 N–H and O–H groups in total. The number of hydrogen-bond acceptors (Lipinski definition) is 0. The van der Waals surface area contributed by atoms with Crippen molar-refractivity contribution < 1.29 is 0 Å². The van der Waals surface area contributed by atoms with Crippen molar-refractivity contribution in [2.45, 2.75) is 19.3 Å². The Hall–Kier alpha value is -3.68. The normalized spacial score (nSPS) is 13.6. The van der Waals surface area contributed by atoms with Crippen molar-refractivity contribution >= 4 is 37.5 Å². The lowest BCUT2D eigenvalue weighted by Crippen LogP contribution is -2.15. The van der Waals surface area contributed by atoms with E-state index in [1.807, 2.05) is 0 Å². The molecule has 172 valence electrons. The van der Waals surface area contributed by atoms with Gasteiger partial charge in [-0.3, -0.25) is 0 Å². The quantitative estimate of drug-likeness (QED) is 0.197. The monoisotopic (exact) mass is 524 g/mol. The lowest BCUT2D eigenvalue weighted by atomic mass is 9.80. The Morgan fingerprint density at radius 3 is 1.53 bits per heavy atom. The first-order chi connectivity index (χ1) is 17.5. The molecule has 6 aromatic carbocycles. The van der Waals surface area contributed by atoms with E-state index in [9.17, 15) is 0 Å². The van der Waals surface area contributed by atoms with Gasteiger partial charge in [0, 0.05) is 9.89 Å². The Balaban J connectivity index is 1.56. The summed E-state index contributed by atoms with van der Waals surface area (Å²) in [4.78, 5) is 0. The Labute approximate surface area is 220 Å². The van der Waals surface area contributed by atoms with Crippen molar-refractivity contribution in [3.05, 3.63) is 131 Å². The highest BCUT2D eigenvalue weighted by molar-refractivity contribution is 9.10. The van der Waals surface area contributed by atoms with Gasteiger partial charge >= 0.3 is 0 Å². The van der Waals surface area contributed by atoms with E-state index >= 15 is 0 Å². The highest BCUT2D eigenvalue weighted by Crippen LogP contribution is 2.51. The molecule has 0 saturated carbocycles. The molecule has 0 atom stereocenters. The van der Waals surface area contributed by atoms with E-state index in [-0.39, 0.29) is 5.41 Å². The number of hydrogen-bond donors (Lipinski definition) is 0. The third-order valence-electron chi connectivity index (χ3n) is 7.92. The molecule has 1 aliphatic rings. The summed E-state index contributed by atoms with van der Waals surface area (Å²) in [6.07, 6.45) is 0. The molecule has 1 aliphatic carbocycles. The average molecular weight is 525 g/mol. The smallest absolute Gasteiger partial charge is 0.0178 e. The van der Waals surface area contributed by atoms with Crippen LogP contribution in [0.1, 0.15) is 25.0 Å². The molecule has 0 spiro atoms. The van der Waals surface area contributed by atoms with E-state index in [0.29, 0.717) is 0 Å². The minimum atomic E-state index is -0.0555. The second kappa shape index (κ2) is 7.91. The molecule has 0 aliphatic heterocycles. The summed E-state index contributed by atoms with van der Waals surface area (Å²) in [7, 11) is 0. The summed E-state index contributed by atoms with van der Waals surface area (Å²) in [5.74, 6) is 0. The Morgan fingerprint density at radius 2 is 0.944 bits per heavy atom. The number of halogens is 1. The fourth-order valence-electron chi connectivity index (χ4n) is 6.22. The molecule has 0 bridgehead atoms. The van der Waals surface area contributed by atoms with Gasteiger partial charge in [-0.1, -0.05) is 127 Å². The summed E-state index contributed by atoms with van der Waals surface area (Å²) in [6, 6.07) is 42.4. The van der Waals surface area contributed by atoms with Crippen molar-refractivity contribution in [3.63, 3.8) is 0 Å². The molecule has 0 aromatic heterocycles. The lowest BCUT2D eigenvalue weighted by molar-refractivity contribution is 0.660. The molecular weight excluding hydrogens is 500 g/mol. The van der Waals surface area contributed by atoms with Crippen LogP contribution in [0.5, 0.6) is 0 Å². The second-order valence-corrected chi connectivity index (χ2v) is 11.2. The average Bonchev–Trinajstić information content (AvgIpc) is 3.13. The SMILES string of the molecule is CC1(C)c2cc(Br)ccc2-c2ccc(-c3c4ccccc4c(-c4ccccc4)c4ccccc34)cc21. The number of fused-ring (bicyclic) bond motifs is 5. The minimum absolute atomic E-state index is 0.0555. The van der Waals surface area contributed by atoms with Gasteiger partial charge in [-0.15, -0.1) is 0 Å². The molecule has 36 heavy (non-hydrogen) atoms. The Kier molecular flexibility index (Phi) is 4.75. The molecular formula is C35H25Br. The second-order valence-electron chi connectivity index (χ2n) is 10.3. The van der Waals surface area contributed by atoms with E-state index in [1.54, 1.807) is 0 Å². The van der Waals surface area contributed by atoms with Crippen molar-refractivity contribution in [1.29, 1.82) is 0 Å². The predicted octanol–water partition coefficient (Wildman–Crippen LogP) is 10.4. The van der Waals surface area contributed by atoms with E-state index in [0.717, 1.165) is 4.47 Å². The minimum Gasteiger partial charge on any atom is -0.0622 e. The number of benzene rings is 6. The first-order valence-corrected chi connectivity index (χ1v) is 13.3.